The van der Waals surface area contributed by atoms with Gasteiger partial charge >= 0.3 is 0 Å². The van der Waals surface area contributed by atoms with Gasteiger partial charge in [-0.15, -0.1) is 0 Å². The van der Waals surface area contributed by atoms with Crippen LogP contribution in [0.1, 0.15) is 39.5 Å². The summed E-state index contributed by atoms with van der Waals surface area (Å²) in [6.07, 6.45) is 4.69. The van der Waals surface area contributed by atoms with Gasteiger partial charge in [-0.1, -0.05) is 13.8 Å². The molecule has 1 aliphatic rings. The fraction of sp³-hybridized carbons (Fsp3) is 0.909. The molecule has 1 fully saturated rings. The van der Waals surface area contributed by atoms with Crippen molar-refractivity contribution < 1.29 is 4.79 Å². The molecular weight excluding hydrogens is 176 g/mol. The van der Waals surface area contributed by atoms with Gasteiger partial charge in [-0.3, -0.25) is 4.79 Å². The van der Waals surface area contributed by atoms with E-state index in [1.807, 2.05) is 0 Å². The van der Waals surface area contributed by atoms with Gasteiger partial charge in [0.2, 0.25) is 5.91 Å². The summed E-state index contributed by atoms with van der Waals surface area (Å²) in [4.78, 5) is 11.3. The third kappa shape index (κ3) is 3.66. The molecule has 1 amide bonds. The highest BCUT2D eigenvalue weighted by Gasteiger charge is 2.27. The van der Waals surface area contributed by atoms with Gasteiger partial charge in [0.15, 0.2) is 0 Å². The zero-order chi connectivity index (χ0) is 10.6. The molecule has 3 heteroatoms. The number of amides is 1. The monoisotopic (exact) mass is 198 g/mol. The SMILES string of the molecule is CNCC(=O)NC1CCC(C)(C)CC1. The summed E-state index contributed by atoms with van der Waals surface area (Å²) in [5.74, 6) is 0.122. The van der Waals surface area contributed by atoms with Crippen LogP contribution in [-0.2, 0) is 4.79 Å². The summed E-state index contributed by atoms with van der Waals surface area (Å²) in [5.41, 5.74) is 0.476. The summed E-state index contributed by atoms with van der Waals surface area (Å²) in [7, 11) is 1.80. The van der Waals surface area contributed by atoms with Crippen LogP contribution < -0.4 is 10.6 Å². The molecular formula is C11H22N2O. The second-order valence-electron chi connectivity index (χ2n) is 5.04. The van der Waals surface area contributed by atoms with Crippen LogP contribution in [0.3, 0.4) is 0 Å². The topological polar surface area (TPSA) is 41.1 Å². The average molecular weight is 198 g/mol. The molecule has 82 valence electrons. The van der Waals surface area contributed by atoms with E-state index in [1.54, 1.807) is 7.05 Å². The van der Waals surface area contributed by atoms with Gasteiger partial charge in [-0.05, 0) is 38.1 Å². The van der Waals surface area contributed by atoms with Crippen molar-refractivity contribution in [3.63, 3.8) is 0 Å². The number of nitrogens with one attached hydrogen (secondary N) is 2. The molecule has 0 unspecified atom stereocenters. The zero-order valence-electron chi connectivity index (χ0n) is 9.52. The van der Waals surface area contributed by atoms with Gasteiger partial charge in [-0.25, -0.2) is 0 Å². The molecule has 1 rings (SSSR count). The van der Waals surface area contributed by atoms with Gasteiger partial charge < -0.3 is 10.6 Å². The summed E-state index contributed by atoms with van der Waals surface area (Å²) < 4.78 is 0. The van der Waals surface area contributed by atoms with Gasteiger partial charge in [0.1, 0.15) is 0 Å². The lowest BCUT2D eigenvalue weighted by Crippen LogP contribution is -2.42. The van der Waals surface area contributed by atoms with Crippen LogP contribution in [0.25, 0.3) is 0 Å². The van der Waals surface area contributed by atoms with Crippen LogP contribution >= 0.6 is 0 Å². The molecule has 1 saturated carbocycles. The number of carbonyl (C=O) groups is 1. The quantitative estimate of drug-likeness (QED) is 0.717. The number of likely N-dealkylation sites (N-methyl/N-ethyl adjacent to an activating group) is 1. The maximum absolute atomic E-state index is 11.3. The van der Waals surface area contributed by atoms with Crippen molar-refractivity contribution in [2.75, 3.05) is 13.6 Å². The predicted octanol–water partition coefficient (Wildman–Crippen LogP) is 1.29. The van der Waals surface area contributed by atoms with E-state index in [-0.39, 0.29) is 5.91 Å². The fourth-order valence-corrected chi connectivity index (χ4v) is 1.98. The molecule has 3 nitrogen and oxygen atoms in total. The molecule has 0 atom stereocenters. The van der Waals surface area contributed by atoms with E-state index in [0.29, 0.717) is 18.0 Å². The van der Waals surface area contributed by atoms with Crippen LogP contribution in [0.4, 0.5) is 0 Å². The first-order valence-corrected chi connectivity index (χ1v) is 5.47. The van der Waals surface area contributed by atoms with Crippen molar-refractivity contribution in [2.45, 2.75) is 45.6 Å². The van der Waals surface area contributed by atoms with E-state index in [1.165, 1.54) is 12.8 Å². The Labute approximate surface area is 86.6 Å². The van der Waals surface area contributed by atoms with Crippen LogP contribution in [0.2, 0.25) is 0 Å². The molecule has 1 aliphatic carbocycles. The molecule has 0 bridgehead atoms. The maximum atomic E-state index is 11.3. The minimum absolute atomic E-state index is 0.122. The van der Waals surface area contributed by atoms with Crippen LogP contribution in [0.15, 0.2) is 0 Å². The summed E-state index contributed by atoms with van der Waals surface area (Å²) in [6.45, 7) is 5.04. The number of rotatable bonds is 3. The standard InChI is InChI=1S/C11H22N2O/c1-11(2)6-4-9(5-7-11)13-10(14)8-12-3/h9,12H,4-8H2,1-3H3,(H,13,14). The number of hydrogen-bond donors (Lipinski definition) is 2. The summed E-state index contributed by atoms with van der Waals surface area (Å²) in [5, 5.41) is 5.92. The van der Waals surface area contributed by atoms with Crippen molar-refractivity contribution in [3.05, 3.63) is 0 Å². The van der Waals surface area contributed by atoms with Crippen LogP contribution in [0.5, 0.6) is 0 Å². The highest BCUT2D eigenvalue weighted by molar-refractivity contribution is 5.78. The van der Waals surface area contributed by atoms with Crippen molar-refractivity contribution in [1.82, 2.24) is 10.6 Å². The van der Waals surface area contributed by atoms with Crippen molar-refractivity contribution >= 4 is 5.91 Å². The Balaban J connectivity index is 2.25. The van der Waals surface area contributed by atoms with Gasteiger partial charge in [0.05, 0.1) is 6.54 Å². The second kappa shape index (κ2) is 4.78. The van der Waals surface area contributed by atoms with E-state index in [4.69, 9.17) is 0 Å². The lowest BCUT2D eigenvalue weighted by atomic mass is 9.75. The van der Waals surface area contributed by atoms with E-state index in [9.17, 15) is 4.79 Å². The van der Waals surface area contributed by atoms with Crippen molar-refractivity contribution in [2.24, 2.45) is 5.41 Å². The minimum Gasteiger partial charge on any atom is -0.352 e. The smallest absolute Gasteiger partial charge is 0.234 e. The maximum Gasteiger partial charge on any atom is 0.234 e. The third-order valence-corrected chi connectivity index (χ3v) is 3.04. The van der Waals surface area contributed by atoms with E-state index in [0.717, 1.165) is 12.8 Å². The first kappa shape index (κ1) is 11.5. The average Bonchev–Trinajstić information content (AvgIpc) is 2.09. The Kier molecular flexibility index (Phi) is 3.93. The Morgan fingerprint density at radius 2 is 1.93 bits per heavy atom. The lowest BCUT2D eigenvalue weighted by molar-refractivity contribution is -0.121. The first-order chi connectivity index (χ1) is 6.53. The Morgan fingerprint density at radius 1 is 1.36 bits per heavy atom. The van der Waals surface area contributed by atoms with Crippen molar-refractivity contribution in [1.29, 1.82) is 0 Å². The third-order valence-electron chi connectivity index (χ3n) is 3.04. The Morgan fingerprint density at radius 3 is 2.43 bits per heavy atom. The summed E-state index contributed by atoms with van der Waals surface area (Å²) >= 11 is 0. The normalized spacial score (nSPS) is 21.9. The van der Waals surface area contributed by atoms with E-state index in [2.05, 4.69) is 24.5 Å². The molecule has 0 heterocycles. The van der Waals surface area contributed by atoms with E-state index < -0.39 is 0 Å². The highest BCUT2D eigenvalue weighted by Crippen LogP contribution is 2.34. The fourth-order valence-electron chi connectivity index (χ4n) is 1.98. The largest absolute Gasteiger partial charge is 0.352 e. The second-order valence-corrected chi connectivity index (χ2v) is 5.04. The molecule has 0 spiro atoms. The first-order valence-electron chi connectivity index (χ1n) is 5.47. The highest BCUT2D eigenvalue weighted by atomic mass is 16.1. The van der Waals surface area contributed by atoms with Crippen molar-refractivity contribution in [3.8, 4) is 0 Å². The molecule has 0 saturated heterocycles. The minimum atomic E-state index is 0.122. The Bertz CT molecular complexity index is 191. The van der Waals surface area contributed by atoms with E-state index >= 15 is 0 Å². The van der Waals surface area contributed by atoms with Crippen LogP contribution in [0, 0.1) is 5.41 Å². The molecule has 2 N–H and O–H groups in total. The predicted molar refractivity (Wildman–Crippen MR) is 58.1 cm³/mol. The number of hydrogen-bond acceptors (Lipinski definition) is 2. The lowest BCUT2D eigenvalue weighted by Gasteiger charge is -2.34. The molecule has 0 radical (unpaired) electrons. The van der Waals surface area contributed by atoms with Gasteiger partial charge in [-0.2, -0.15) is 0 Å². The van der Waals surface area contributed by atoms with Gasteiger partial charge in [0.25, 0.3) is 0 Å². The molecule has 0 aromatic carbocycles. The zero-order valence-corrected chi connectivity index (χ0v) is 9.52. The van der Waals surface area contributed by atoms with Crippen LogP contribution in [-0.4, -0.2) is 25.5 Å². The molecule has 14 heavy (non-hydrogen) atoms. The molecule has 0 aliphatic heterocycles. The number of carbonyl (C=O) groups excluding carboxylic acids is 1. The summed E-state index contributed by atoms with van der Waals surface area (Å²) in [6, 6.07) is 0.406. The molecule has 0 aromatic rings. The molecule has 0 aromatic heterocycles. The Hall–Kier alpha value is -0.570. The van der Waals surface area contributed by atoms with Gasteiger partial charge in [0, 0.05) is 6.04 Å².